The van der Waals surface area contributed by atoms with E-state index in [0.717, 1.165) is 25.6 Å². The molecule has 1 atom stereocenters. The van der Waals surface area contributed by atoms with Crippen molar-refractivity contribution in [3.05, 3.63) is 17.7 Å². The van der Waals surface area contributed by atoms with Gasteiger partial charge in [-0.2, -0.15) is 0 Å². The fourth-order valence-electron chi connectivity index (χ4n) is 2.52. The number of anilines is 2. The second kappa shape index (κ2) is 6.14. The Morgan fingerprint density at radius 3 is 2.79 bits per heavy atom. The summed E-state index contributed by atoms with van der Waals surface area (Å²) in [6, 6.07) is 1.25. The highest BCUT2D eigenvalue weighted by molar-refractivity contribution is 5.47. The number of pyridine rings is 1. The first-order valence-corrected chi connectivity index (χ1v) is 6.67. The lowest BCUT2D eigenvalue weighted by Gasteiger charge is -2.23. The predicted octanol–water partition coefficient (Wildman–Crippen LogP) is 2.30. The Bertz CT molecular complexity index is 439. The molecule has 0 aromatic carbocycles. The van der Waals surface area contributed by atoms with Gasteiger partial charge in [0.2, 0.25) is 0 Å². The summed E-state index contributed by atoms with van der Waals surface area (Å²) in [5.74, 6) is -1.17. The minimum absolute atomic E-state index is 0.0580. The van der Waals surface area contributed by atoms with E-state index in [-0.39, 0.29) is 11.6 Å². The van der Waals surface area contributed by atoms with Gasteiger partial charge in [0, 0.05) is 25.7 Å². The van der Waals surface area contributed by atoms with Crippen LogP contribution in [0.1, 0.15) is 19.8 Å². The largest absolute Gasteiger partial charge is 0.371 e. The smallest absolute Gasteiger partial charge is 0.168 e. The van der Waals surface area contributed by atoms with Crippen molar-refractivity contribution in [2.75, 3.05) is 37.3 Å². The molecule has 2 rings (SSSR count). The number of hydrogen-bond donors (Lipinski definition) is 2. The molecule has 1 saturated heterocycles. The van der Waals surface area contributed by atoms with Crippen molar-refractivity contribution >= 4 is 11.6 Å². The van der Waals surface area contributed by atoms with Crippen LogP contribution in [-0.2, 0) is 0 Å². The highest BCUT2D eigenvalue weighted by Crippen LogP contribution is 2.21. The number of rotatable bonds is 5. The third-order valence-electron chi connectivity index (χ3n) is 3.58. The van der Waals surface area contributed by atoms with Gasteiger partial charge in [0.15, 0.2) is 23.3 Å². The molecule has 2 heterocycles. The van der Waals surface area contributed by atoms with E-state index in [0.29, 0.717) is 12.6 Å². The van der Waals surface area contributed by atoms with Crippen LogP contribution in [0.15, 0.2) is 6.07 Å². The highest BCUT2D eigenvalue weighted by Gasteiger charge is 2.23. The molecule has 1 unspecified atom stereocenters. The molecule has 4 nitrogen and oxygen atoms in total. The Morgan fingerprint density at radius 2 is 2.11 bits per heavy atom. The van der Waals surface area contributed by atoms with Crippen LogP contribution in [0.25, 0.3) is 0 Å². The number of likely N-dealkylation sites (N-methyl/N-ethyl adjacent to an activating group) is 1. The molecule has 1 aromatic heterocycles. The lowest BCUT2D eigenvalue weighted by atomic mass is 10.2. The topological polar surface area (TPSA) is 40.2 Å². The van der Waals surface area contributed by atoms with Gasteiger partial charge < -0.3 is 10.6 Å². The number of aromatic nitrogens is 1. The summed E-state index contributed by atoms with van der Waals surface area (Å²) in [4.78, 5) is 6.27. The van der Waals surface area contributed by atoms with Gasteiger partial charge in [-0.1, -0.05) is 6.92 Å². The number of hydrogen-bond acceptors (Lipinski definition) is 4. The van der Waals surface area contributed by atoms with Crippen LogP contribution in [0.3, 0.4) is 0 Å². The van der Waals surface area contributed by atoms with Gasteiger partial charge in [-0.05, 0) is 25.9 Å². The maximum Gasteiger partial charge on any atom is 0.168 e. The molecule has 0 bridgehead atoms. The van der Waals surface area contributed by atoms with E-state index >= 15 is 0 Å². The Hall–Kier alpha value is -1.43. The Kier molecular flexibility index (Phi) is 4.52. The van der Waals surface area contributed by atoms with Crippen LogP contribution >= 0.6 is 0 Å². The number of nitrogens with one attached hydrogen (secondary N) is 2. The van der Waals surface area contributed by atoms with E-state index in [9.17, 15) is 8.78 Å². The molecule has 19 heavy (non-hydrogen) atoms. The summed E-state index contributed by atoms with van der Waals surface area (Å²) in [6.07, 6.45) is 2.27. The van der Waals surface area contributed by atoms with Crippen molar-refractivity contribution in [1.29, 1.82) is 0 Å². The van der Waals surface area contributed by atoms with E-state index in [1.165, 1.54) is 6.42 Å². The van der Waals surface area contributed by atoms with Crippen molar-refractivity contribution in [1.82, 2.24) is 9.88 Å². The first kappa shape index (κ1) is 14.0. The summed E-state index contributed by atoms with van der Waals surface area (Å²) < 4.78 is 26.9. The molecule has 1 aromatic rings. The molecule has 1 aliphatic heterocycles. The van der Waals surface area contributed by atoms with E-state index in [2.05, 4.69) is 27.4 Å². The summed E-state index contributed by atoms with van der Waals surface area (Å²) in [6.45, 7) is 4.83. The normalized spacial score (nSPS) is 19.7. The molecule has 106 valence electrons. The van der Waals surface area contributed by atoms with Gasteiger partial charge in [0.05, 0.1) is 0 Å². The minimum Gasteiger partial charge on any atom is -0.371 e. The zero-order valence-electron chi connectivity index (χ0n) is 11.3. The van der Waals surface area contributed by atoms with E-state index in [4.69, 9.17) is 0 Å². The van der Waals surface area contributed by atoms with Crippen LogP contribution in [-0.4, -0.2) is 42.6 Å². The molecule has 1 fully saturated rings. The zero-order valence-corrected chi connectivity index (χ0v) is 11.3. The first-order chi connectivity index (χ1) is 9.15. The zero-order chi connectivity index (χ0) is 13.8. The van der Waals surface area contributed by atoms with Crippen LogP contribution in [0.5, 0.6) is 0 Å². The second-order valence-corrected chi connectivity index (χ2v) is 4.70. The lowest BCUT2D eigenvalue weighted by Crippen LogP contribution is -2.35. The Labute approximate surface area is 112 Å². The van der Waals surface area contributed by atoms with Crippen molar-refractivity contribution in [2.24, 2.45) is 0 Å². The number of halogens is 2. The molecule has 0 amide bonds. The van der Waals surface area contributed by atoms with Gasteiger partial charge in [-0.25, -0.2) is 13.8 Å². The summed E-state index contributed by atoms with van der Waals surface area (Å²) in [5.41, 5.74) is 0. The third kappa shape index (κ3) is 3.12. The molecular weight excluding hydrogens is 250 g/mol. The monoisotopic (exact) mass is 270 g/mol. The predicted molar refractivity (Wildman–Crippen MR) is 72.5 cm³/mol. The average molecular weight is 270 g/mol. The molecular formula is C13H20F2N4. The molecule has 1 aliphatic rings. The Balaban J connectivity index is 2.03. The van der Waals surface area contributed by atoms with Crippen molar-refractivity contribution in [3.8, 4) is 0 Å². The molecule has 0 spiro atoms. The van der Waals surface area contributed by atoms with E-state index < -0.39 is 11.6 Å². The van der Waals surface area contributed by atoms with E-state index in [1.807, 2.05) is 0 Å². The SMILES string of the molecule is CCN1CCCC1CNc1nc(NC)c(F)cc1F. The molecule has 0 radical (unpaired) electrons. The maximum absolute atomic E-state index is 13.6. The average Bonchev–Trinajstić information content (AvgIpc) is 2.85. The fraction of sp³-hybridized carbons (Fsp3) is 0.615. The third-order valence-corrected chi connectivity index (χ3v) is 3.58. The molecule has 0 aliphatic carbocycles. The second-order valence-electron chi connectivity index (χ2n) is 4.70. The van der Waals surface area contributed by atoms with Crippen LogP contribution in [0.4, 0.5) is 20.4 Å². The maximum atomic E-state index is 13.6. The molecule has 2 N–H and O–H groups in total. The van der Waals surface area contributed by atoms with Gasteiger partial charge >= 0.3 is 0 Å². The van der Waals surface area contributed by atoms with Gasteiger partial charge in [0.1, 0.15) is 0 Å². The highest BCUT2D eigenvalue weighted by atomic mass is 19.1. The minimum atomic E-state index is -0.679. The van der Waals surface area contributed by atoms with Crippen molar-refractivity contribution in [2.45, 2.75) is 25.8 Å². The fourth-order valence-corrected chi connectivity index (χ4v) is 2.52. The lowest BCUT2D eigenvalue weighted by molar-refractivity contribution is 0.276. The van der Waals surface area contributed by atoms with Crippen LogP contribution < -0.4 is 10.6 Å². The first-order valence-electron chi connectivity index (χ1n) is 6.67. The van der Waals surface area contributed by atoms with Crippen LogP contribution in [0.2, 0.25) is 0 Å². The summed E-state index contributed by atoms with van der Waals surface area (Å²) >= 11 is 0. The number of nitrogens with zero attached hydrogens (tertiary/aromatic N) is 2. The standard InChI is InChI=1S/C13H20F2N4/c1-3-19-6-4-5-9(19)8-17-13-11(15)7-10(14)12(16-2)18-13/h7,9H,3-6,8H2,1-2H3,(H2,16,17,18). The summed E-state index contributed by atoms with van der Waals surface area (Å²) in [5, 5.41) is 5.59. The Morgan fingerprint density at radius 1 is 1.37 bits per heavy atom. The number of likely N-dealkylation sites (tertiary alicyclic amines) is 1. The summed E-state index contributed by atoms with van der Waals surface area (Å²) in [7, 11) is 1.56. The van der Waals surface area contributed by atoms with Crippen molar-refractivity contribution < 1.29 is 8.78 Å². The molecule has 6 heteroatoms. The van der Waals surface area contributed by atoms with Crippen molar-refractivity contribution in [3.63, 3.8) is 0 Å². The van der Waals surface area contributed by atoms with Gasteiger partial charge in [-0.15, -0.1) is 0 Å². The quantitative estimate of drug-likeness (QED) is 0.861. The van der Waals surface area contributed by atoms with Gasteiger partial charge in [0.25, 0.3) is 0 Å². The molecule has 0 saturated carbocycles. The van der Waals surface area contributed by atoms with Gasteiger partial charge in [-0.3, -0.25) is 4.90 Å². The van der Waals surface area contributed by atoms with Crippen LogP contribution in [0, 0.1) is 11.6 Å². The van der Waals surface area contributed by atoms with E-state index in [1.54, 1.807) is 7.05 Å².